The van der Waals surface area contributed by atoms with Crippen LogP contribution >= 0.6 is 0 Å². The minimum absolute atomic E-state index is 0.0170. The van der Waals surface area contributed by atoms with Crippen LogP contribution in [-0.4, -0.2) is 42.5 Å². The highest BCUT2D eigenvalue weighted by atomic mass is 16.1. The fourth-order valence-corrected chi connectivity index (χ4v) is 1.62. The molecule has 0 spiro atoms. The van der Waals surface area contributed by atoms with E-state index in [-0.39, 0.29) is 18.4 Å². The molecule has 1 heterocycles. The number of aromatic nitrogens is 1. The summed E-state index contributed by atoms with van der Waals surface area (Å²) < 4.78 is 0. The Bertz CT molecular complexity index is 361. The van der Waals surface area contributed by atoms with E-state index in [2.05, 4.69) is 10.3 Å². The van der Waals surface area contributed by atoms with Crippen LogP contribution in [0.3, 0.4) is 0 Å². The lowest BCUT2D eigenvalue weighted by molar-refractivity contribution is -0.121. The zero-order chi connectivity index (χ0) is 12.8. The number of nitrogens with one attached hydrogen (secondary N) is 1. The standard InChI is InChI=1S/C12H20N4O/c1-9(8-16(2)3)15-12(17)6-11-5-4-10(13)7-14-11/h4-5,7,9H,6,8,13H2,1-3H3,(H,15,17). The summed E-state index contributed by atoms with van der Waals surface area (Å²) in [4.78, 5) is 17.8. The first kappa shape index (κ1) is 13.4. The van der Waals surface area contributed by atoms with Gasteiger partial charge in [0.05, 0.1) is 18.3 Å². The van der Waals surface area contributed by atoms with E-state index in [0.29, 0.717) is 5.69 Å². The second-order valence-electron chi connectivity index (χ2n) is 4.49. The number of hydrogen-bond acceptors (Lipinski definition) is 4. The van der Waals surface area contributed by atoms with Crippen LogP contribution in [0, 0.1) is 0 Å². The third-order valence-corrected chi connectivity index (χ3v) is 2.24. The van der Waals surface area contributed by atoms with Crippen molar-refractivity contribution in [3.63, 3.8) is 0 Å². The van der Waals surface area contributed by atoms with Crippen LogP contribution in [0.4, 0.5) is 5.69 Å². The summed E-state index contributed by atoms with van der Waals surface area (Å²) in [5, 5.41) is 2.92. The first-order chi connectivity index (χ1) is 7.97. The summed E-state index contributed by atoms with van der Waals surface area (Å²) in [6.07, 6.45) is 1.85. The van der Waals surface area contributed by atoms with Gasteiger partial charge in [0.25, 0.3) is 0 Å². The van der Waals surface area contributed by atoms with Crippen LogP contribution in [0.1, 0.15) is 12.6 Å². The molecule has 0 fully saturated rings. The number of anilines is 1. The normalized spacial score (nSPS) is 12.5. The molecule has 0 aliphatic carbocycles. The van der Waals surface area contributed by atoms with Crippen molar-refractivity contribution in [2.45, 2.75) is 19.4 Å². The van der Waals surface area contributed by atoms with Crippen molar-refractivity contribution in [3.05, 3.63) is 24.0 Å². The highest BCUT2D eigenvalue weighted by molar-refractivity contribution is 5.78. The van der Waals surface area contributed by atoms with E-state index in [1.165, 1.54) is 0 Å². The summed E-state index contributed by atoms with van der Waals surface area (Å²) in [6, 6.07) is 3.65. The fourth-order valence-electron chi connectivity index (χ4n) is 1.62. The Balaban J connectivity index is 2.41. The van der Waals surface area contributed by atoms with Gasteiger partial charge in [0, 0.05) is 18.3 Å². The number of amides is 1. The van der Waals surface area contributed by atoms with E-state index in [1.54, 1.807) is 18.3 Å². The number of nitrogens with two attached hydrogens (primary N) is 1. The molecule has 3 N–H and O–H groups in total. The van der Waals surface area contributed by atoms with Crippen molar-refractivity contribution in [2.24, 2.45) is 0 Å². The number of nitrogen functional groups attached to an aromatic ring is 1. The molecule has 5 heteroatoms. The van der Waals surface area contributed by atoms with Gasteiger partial charge in [0.1, 0.15) is 0 Å². The van der Waals surface area contributed by atoms with Crippen LogP contribution in [0.25, 0.3) is 0 Å². The monoisotopic (exact) mass is 236 g/mol. The molecule has 0 saturated carbocycles. The van der Waals surface area contributed by atoms with Gasteiger partial charge in [-0.1, -0.05) is 0 Å². The lowest BCUT2D eigenvalue weighted by Crippen LogP contribution is -2.40. The lowest BCUT2D eigenvalue weighted by Gasteiger charge is -2.18. The molecule has 0 aliphatic rings. The van der Waals surface area contributed by atoms with Crippen molar-refractivity contribution in [1.29, 1.82) is 0 Å². The molecular formula is C12H20N4O. The van der Waals surface area contributed by atoms with Gasteiger partial charge in [-0.3, -0.25) is 9.78 Å². The van der Waals surface area contributed by atoms with Gasteiger partial charge < -0.3 is 16.0 Å². The van der Waals surface area contributed by atoms with E-state index in [0.717, 1.165) is 12.2 Å². The predicted molar refractivity (Wildman–Crippen MR) is 68.5 cm³/mol. The van der Waals surface area contributed by atoms with Crippen LogP contribution in [0.15, 0.2) is 18.3 Å². The highest BCUT2D eigenvalue weighted by Crippen LogP contribution is 2.01. The SMILES string of the molecule is CC(CN(C)C)NC(=O)Cc1ccc(N)cn1. The molecule has 0 aliphatic heterocycles. The van der Waals surface area contributed by atoms with E-state index >= 15 is 0 Å². The number of rotatable bonds is 5. The number of nitrogens with zero attached hydrogens (tertiary/aromatic N) is 2. The molecule has 0 bridgehead atoms. The van der Waals surface area contributed by atoms with Crippen molar-refractivity contribution in [1.82, 2.24) is 15.2 Å². The highest BCUT2D eigenvalue weighted by Gasteiger charge is 2.09. The Morgan fingerprint density at radius 2 is 2.24 bits per heavy atom. The summed E-state index contributed by atoms with van der Waals surface area (Å²) in [5.74, 6) is -0.0170. The third kappa shape index (κ3) is 5.31. The zero-order valence-corrected chi connectivity index (χ0v) is 10.6. The number of pyridine rings is 1. The molecule has 1 rings (SSSR count). The second-order valence-corrected chi connectivity index (χ2v) is 4.49. The minimum Gasteiger partial charge on any atom is -0.397 e. The number of carbonyl (C=O) groups is 1. The summed E-state index contributed by atoms with van der Waals surface area (Å²) in [5.41, 5.74) is 6.86. The van der Waals surface area contributed by atoms with E-state index in [4.69, 9.17) is 5.73 Å². The van der Waals surface area contributed by atoms with E-state index in [9.17, 15) is 4.79 Å². The van der Waals surface area contributed by atoms with Crippen LogP contribution in [0.5, 0.6) is 0 Å². The van der Waals surface area contributed by atoms with Gasteiger partial charge in [0.2, 0.25) is 5.91 Å². The maximum absolute atomic E-state index is 11.7. The largest absolute Gasteiger partial charge is 0.397 e. The molecule has 1 amide bonds. The number of likely N-dealkylation sites (N-methyl/N-ethyl adjacent to an activating group) is 1. The van der Waals surface area contributed by atoms with E-state index in [1.807, 2.05) is 25.9 Å². The molecule has 94 valence electrons. The molecule has 1 atom stereocenters. The van der Waals surface area contributed by atoms with Crippen molar-refractivity contribution < 1.29 is 4.79 Å². The Kier molecular flexibility index (Phi) is 4.90. The van der Waals surface area contributed by atoms with Crippen LogP contribution in [0.2, 0.25) is 0 Å². The van der Waals surface area contributed by atoms with Crippen molar-refractivity contribution >= 4 is 11.6 Å². The first-order valence-electron chi connectivity index (χ1n) is 5.62. The Morgan fingerprint density at radius 3 is 2.76 bits per heavy atom. The fraction of sp³-hybridized carbons (Fsp3) is 0.500. The molecule has 0 saturated heterocycles. The predicted octanol–water partition coefficient (Wildman–Crippen LogP) is 0.273. The second kappa shape index (κ2) is 6.20. The summed E-state index contributed by atoms with van der Waals surface area (Å²) in [6.45, 7) is 2.80. The number of carbonyl (C=O) groups excluding carboxylic acids is 1. The van der Waals surface area contributed by atoms with Gasteiger partial charge in [-0.05, 0) is 33.2 Å². The van der Waals surface area contributed by atoms with Gasteiger partial charge in [-0.15, -0.1) is 0 Å². The van der Waals surface area contributed by atoms with Crippen molar-refractivity contribution in [3.8, 4) is 0 Å². The molecule has 0 radical (unpaired) electrons. The van der Waals surface area contributed by atoms with Gasteiger partial charge in [-0.2, -0.15) is 0 Å². The maximum atomic E-state index is 11.7. The molecule has 1 aromatic rings. The topological polar surface area (TPSA) is 71.2 Å². The summed E-state index contributed by atoms with van der Waals surface area (Å²) in [7, 11) is 3.95. The average Bonchev–Trinajstić information content (AvgIpc) is 2.19. The molecule has 1 aromatic heterocycles. The maximum Gasteiger partial charge on any atom is 0.226 e. The summed E-state index contributed by atoms with van der Waals surface area (Å²) >= 11 is 0. The van der Waals surface area contributed by atoms with Crippen molar-refractivity contribution in [2.75, 3.05) is 26.4 Å². The lowest BCUT2D eigenvalue weighted by atomic mass is 10.2. The Labute approximate surface area is 102 Å². The quantitative estimate of drug-likeness (QED) is 0.770. The number of hydrogen-bond donors (Lipinski definition) is 2. The Morgan fingerprint density at radius 1 is 1.53 bits per heavy atom. The van der Waals surface area contributed by atoms with Gasteiger partial charge in [-0.25, -0.2) is 0 Å². The van der Waals surface area contributed by atoms with Crippen LogP contribution in [-0.2, 0) is 11.2 Å². The molecular weight excluding hydrogens is 216 g/mol. The molecule has 1 unspecified atom stereocenters. The third-order valence-electron chi connectivity index (χ3n) is 2.24. The molecule has 17 heavy (non-hydrogen) atoms. The van der Waals surface area contributed by atoms with Gasteiger partial charge in [0.15, 0.2) is 0 Å². The molecule has 5 nitrogen and oxygen atoms in total. The average molecular weight is 236 g/mol. The Hall–Kier alpha value is -1.62. The zero-order valence-electron chi connectivity index (χ0n) is 10.6. The molecule has 0 aromatic carbocycles. The van der Waals surface area contributed by atoms with E-state index < -0.39 is 0 Å². The first-order valence-corrected chi connectivity index (χ1v) is 5.62. The minimum atomic E-state index is -0.0170. The smallest absolute Gasteiger partial charge is 0.226 e. The van der Waals surface area contributed by atoms with Gasteiger partial charge >= 0.3 is 0 Å². The van der Waals surface area contributed by atoms with Crippen LogP contribution < -0.4 is 11.1 Å².